The van der Waals surface area contributed by atoms with Gasteiger partial charge in [-0.2, -0.15) is 5.26 Å². The van der Waals surface area contributed by atoms with Gasteiger partial charge in [0.25, 0.3) is 0 Å². The summed E-state index contributed by atoms with van der Waals surface area (Å²) in [6, 6.07) is 14.2. The third-order valence-corrected chi connectivity index (χ3v) is 4.08. The molecule has 0 radical (unpaired) electrons. The van der Waals surface area contributed by atoms with Gasteiger partial charge in [-0.1, -0.05) is 18.2 Å². The maximum absolute atomic E-state index is 9.36. The highest BCUT2D eigenvalue weighted by Crippen LogP contribution is 2.29. The van der Waals surface area contributed by atoms with E-state index in [1.165, 1.54) is 0 Å². The number of rotatable bonds is 3. The molecule has 1 unspecified atom stereocenters. The van der Waals surface area contributed by atoms with Crippen molar-refractivity contribution < 1.29 is 0 Å². The second kappa shape index (κ2) is 5.17. The number of nitriles is 1. The molecule has 19 heavy (non-hydrogen) atoms. The van der Waals surface area contributed by atoms with Gasteiger partial charge in [0, 0.05) is 12.4 Å². The van der Waals surface area contributed by atoms with E-state index in [-0.39, 0.29) is 5.92 Å². The topological polar surface area (TPSA) is 49.6 Å². The smallest absolute Gasteiger partial charge is 0.111 e. The average molecular weight is 265 g/mol. The van der Waals surface area contributed by atoms with Crippen molar-refractivity contribution >= 4 is 21.6 Å². The van der Waals surface area contributed by atoms with Gasteiger partial charge in [-0.25, -0.2) is 4.98 Å². The van der Waals surface area contributed by atoms with Gasteiger partial charge in [0.05, 0.1) is 16.3 Å². The van der Waals surface area contributed by atoms with Crippen LogP contribution in [0.2, 0.25) is 0 Å². The lowest BCUT2D eigenvalue weighted by molar-refractivity contribution is 0.837. The molecule has 3 nitrogen and oxygen atoms in total. The second-order valence-corrected chi connectivity index (χ2v) is 5.33. The fraction of sp³-hybridized carbons (Fsp3) is 0.133. The van der Waals surface area contributed by atoms with E-state index in [9.17, 15) is 5.26 Å². The van der Waals surface area contributed by atoms with Crippen molar-refractivity contribution in [3.8, 4) is 6.07 Å². The summed E-state index contributed by atoms with van der Waals surface area (Å²) in [5, 5.41) is 10.2. The van der Waals surface area contributed by atoms with E-state index in [1.807, 2.05) is 36.4 Å². The van der Waals surface area contributed by atoms with Crippen LogP contribution in [0.4, 0.5) is 0 Å². The third-order valence-electron chi connectivity index (χ3n) is 2.93. The van der Waals surface area contributed by atoms with Crippen LogP contribution in [-0.2, 0) is 6.42 Å². The molecule has 1 aromatic carbocycles. The van der Waals surface area contributed by atoms with Crippen LogP contribution in [-0.4, -0.2) is 9.97 Å². The molecular weight excluding hydrogens is 254 g/mol. The van der Waals surface area contributed by atoms with Gasteiger partial charge in [0.1, 0.15) is 10.9 Å². The van der Waals surface area contributed by atoms with Gasteiger partial charge in [-0.05, 0) is 30.2 Å². The van der Waals surface area contributed by atoms with Crippen LogP contribution in [0.3, 0.4) is 0 Å². The summed E-state index contributed by atoms with van der Waals surface area (Å²) in [7, 11) is 0. The van der Waals surface area contributed by atoms with Crippen molar-refractivity contribution in [1.29, 1.82) is 5.26 Å². The van der Waals surface area contributed by atoms with E-state index in [2.05, 4.69) is 16.0 Å². The van der Waals surface area contributed by atoms with Crippen molar-refractivity contribution in [2.45, 2.75) is 12.3 Å². The summed E-state index contributed by atoms with van der Waals surface area (Å²) in [6.07, 6.45) is 4.20. The molecule has 1 atom stereocenters. The first-order valence-electron chi connectivity index (χ1n) is 6.01. The molecule has 0 amide bonds. The standard InChI is InChI=1S/C15H11N3S/c16-9-12(8-11-4-3-7-17-10-11)15-18-13-5-1-2-6-14(13)19-15/h1-7,10,12H,8H2. The van der Waals surface area contributed by atoms with Gasteiger partial charge in [-0.3, -0.25) is 4.98 Å². The van der Waals surface area contributed by atoms with Crippen LogP contribution in [0.15, 0.2) is 48.8 Å². The Bertz CT molecular complexity index is 695. The predicted molar refractivity (Wildman–Crippen MR) is 75.9 cm³/mol. The Hall–Kier alpha value is -2.25. The summed E-state index contributed by atoms with van der Waals surface area (Å²) in [5.41, 5.74) is 2.03. The monoisotopic (exact) mass is 265 g/mol. The fourth-order valence-corrected chi connectivity index (χ4v) is 2.99. The lowest BCUT2D eigenvalue weighted by Gasteiger charge is -2.04. The zero-order valence-electron chi connectivity index (χ0n) is 10.2. The van der Waals surface area contributed by atoms with Crippen molar-refractivity contribution in [3.63, 3.8) is 0 Å². The number of hydrogen-bond acceptors (Lipinski definition) is 4. The number of para-hydroxylation sites is 1. The van der Waals surface area contributed by atoms with E-state index in [4.69, 9.17) is 0 Å². The summed E-state index contributed by atoms with van der Waals surface area (Å²) < 4.78 is 1.13. The largest absolute Gasteiger partial charge is 0.264 e. The molecule has 0 spiro atoms. The van der Waals surface area contributed by atoms with Crippen molar-refractivity contribution in [2.24, 2.45) is 0 Å². The van der Waals surface area contributed by atoms with Crippen LogP contribution in [0, 0.1) is 11.3 Å². The highest BCUT2D eigenvalue weighted by Gasteiger charge is 2.16. The molecule has 92 valence electrons. The SMILES string of the molecule is N#CC(Cc1cccnc1)c1nc2ccccc2s1. The first-order valence-corrected chi connectivity index (χ1v) is 6.82. The quantitative estimate of drug-likeness (QED) is 0.727. The van der Waals surface area contributed by atoms with E-state index in [1.54, 1.807) is 23.7 Å². The van der Waals surface area contributed by atoms with Crippen LogP contribution < -0.4 is 0 Å². The number of pyridine rings is 1. The molecule has 0 aliphatic heterocycles. The molecular formula is C15H11N3S. The lowest BCUT2D eigenvalue weighted by Crippen LogP contribution is -2.00. The Labute approximate surface area is 115 Å². The Kier molecular flexibility index (Phi) is 3.21. The van der Waals surface area contributed by atoms with Gasteiger partial charge in [-0.15, -0.1) is 11.3 Å². The second-order valence-electron chi connectivity index (χ2n) is 4.27. The van der Waals surface area contributed by atoms with Crippen molar-refractivity contribution in [3.05, 3.63) is 59.4 Å². The molecule has 2 heterocycles. The molecule has 0 saturated carbocycles. The van der Waals surface area contributed by atoms with Crippen molar-refractivity contribution in [1.82, 2.24) is 9.97 Å². The Morgan fingerprint density at radius 1 is 1.21 bits per heavy atom. The molecule has 0 aliphatic rings. The number of nitrogens with zero attached hydrogens (tertiary/aromatic N) is 3. The van der Waals surface area contributed by atoms with Gasteiger partial charge in [0.15, 0.2) is 0 Å². The zero-order chi connectivity index (χ0) is 13.1. The number of hydrogen-bond donors (Lipinski definition) is 0. The van der Waals surface area contributed by atoms with Crippen LogP contribution in [0.1, 0.15) is 16.5 Å². The summed E-state index contributed by atoms with van der Waals surface area (Å²) in [4.78, 5) is 8.64. The van der Waals surface area contributed by atoms with Gasteiger partial charge >= 0.3 is 0 Å². The van der Waals surface area contributed by atoms with E-state index >= 15 is 0 Å². The minimum absolute atomic E-state index is 0.207. The van der Waals surface area contributed by atoms with Gasteiger partial charge < -0.3 is 0 Å². The minimum Gasteiger partial charge on any atom is -0.264 e. The number of thiazole rings is 1. The number of fused-ring (bicyclic) bond motifs is 1. The normalized spacial score (nSPS) is 12.2. The Morgan fingerprint density at radius 2 is 2.11 bits per heavy atom. The molecule has 3 rings (SSSR count). The molecule has 0 aliphatic carbocycles. The summed E-state index contributed by atoms with van der Waals surface area (Å²) in [6.45, 7) is 0. The molecule has 2 aromatic heterocycles. The maximum atomic E-state index is 9.36. The fourth-order valence-electron chi connectivity index (χ4n) is 1.98. The molecule has 0 fully saturated rings. The molecule has 4 heteroatoms. The number of aromatic nitrogens is 2. The van der Waals surface area contributed by atoms with Gasteiger partial charge in [0.2, 0.25) is 0 Å². The predicted octanol–water partition coefficient (Wildman–Crippen LogP) is 3.54. The average Bonchev–Trinajstić information content (AvgIpc) is 2.89. The van der Waals surface area contributed by atoms with E-state index in [0.717, 1.165) is 20.8 Å². The Morgan fingerprint density at radius 3 is 2.84 bits per heavy atom. The van der Waals surface area contributed by atoms with E-state index in [0.29, 0.717) is 6.42 Å². The molecule has 3 aromatic rings. The zero-order valence-corrected chi connectivity index (χ0v) is 11.0. The van der Waals surface area contributed by atoms with E-state index < -0.39 is 0 Å². The highest BCUT2D eigenvalue weighted by molar-refractivity contribution is 7.18. The Balaban J connectivity index is 1.92. The first-order chi connectivity index (χ1) is 9.36. The lowest BCUT2D eigenvalue weighted by atomic mass is 10.0. The van der Waals surface area contributed by atoms with Crippen LogP contribution >= 0.6 is 11.3 Å². The highest BCUT2D eigenvalue weighted by atomic mass is 32.1. The number of benzene rings is 1. The third kappa shape index (κ3) is 2.47. The summed E-state index contributed by atoms with van der Waals surface area (Å²) >= 11 is 1.60. The molecule has 0 bridgehead atoms. The minimum atomic E-state index is -0.207. The molecule has 0 saturated heterocycles. The van der Waals surface area contributed by atoms with Crippen LogP contribution in [0.25, 0.3) is 10.2 Å². The van der Waals surface area contributed by atoms with Crippen molar-refractivity contribution in [2.75, 3.05) is 0 Å². The molecule has 0 N–H and O–H groups in total. The van der Waals surface area contributed by atoms with Crippen LogP contribution in [0.5, 0.6) is 0 Å². The summed E-state index contributed by atoms with van der Waals surface area (Å²) in [5.74, 6) is -0.207. The maximum Gasteiger partial charge on any atom is 0.111 e. The first kappa shape index (κ1) is 11.8.